The molecular weight excluding hydrogens is 439 g/mol. The Balaban J connectivity index is 1.69. The summed E-state index contributed by atoms with van der Waals surface area (Å²) in [6.45, 7) is 0.201. The maximum absolute atomic E-state index is 13.3. The van der Waals surface area contributed by atoms with Crippen molar-refractivity contribution in [3.05, 3.63) is 102 Å². The van der Waals surface area contributed by atoms with Gasteiger partial charge in [0.1, 0.15) is 11.6 Å². The third kappa shape index (κ3) is 4.24. The molecule has 34 heavy (non-hydrogen) atoms. The van der Waals surface area contributed by atoms with Gasteiger partial charge in [-0.2, -0.15) is 13.2 Å². The topological polar surface area (TPSA) is 39.9 Å². The maximum atomic E-state index is 13.3. The van der Waals surface area contributed by atoms with E-state index < -0.39 is 11.7 Å². The van der Waals surface area contributed by atoms with E-state index in [1.54, 1.807) is 19.4 Å². The summed E-state index contributed by atoms with van der Waals surface area (Å²) in [6.07, 6.45) is -2.65. The van der Waals surface area contributed by atoms with Crippen molar-refractivity contribution >= 4 is 11.2 Å². The maximum Gasteiger partial charge on any atom is 0.416 e. The molecular formula is C27H20F3N3O. The number of imidazole rings is 1. The van der Waals surface area contributed by atoms with Crippen LogP contribution in [-0.2, 0) is 12.7 Å². The molecule has 0 atom stereocenters. The summed E-state index contributed by atoms with van der Waals surface area (Å²) >= 11 is 0. The lowest BCUT2D eigenvalue weighted by atomic mass is 10.1. The summed E-state index contributed by atoms with van der Waals surface area (Å²) < 4.78 is 47.2. The van der Waals surface area contributed by atoms with E-state index in [1.165, 1.54) is 12.1 Å². The highest BCUT2D eigenvalue weighted by Gasteiger charge is 2.30. The summed E-state index contributed by atoms with van der Waals surface area (Å²) in [5, 5.41) is 0. The number of pyridine rings is 1. The van der Waals surface area contributed by atoms with E-state index >= 15 is 0 Å². The van der Waals surface area contributed by atoms with Gasteiger partial charge < -0.3 is 9.30 Å². The molecule has 0 amide bonds. The second-order valence-corrected chi connectivity index (χ2v) is 7.88. The smallest absolute Gasteiger partial charge is 0.416 e. The largest absolute Gasteiger partial charge is 0.497 e. The number of aromatic nitrogens is 3. The van der Waals surface area contributed by atoms with Gasteiger partial charge in [-0.3, -0.25) is 0 Å². The SMILES string of the molecule is COc1cccc(-c2nc3ncc(-c4ccccc4)cc3n2Cc2cccc(C(F)(F)F)c2)c1. The monoisotopic (exact) mass is 459 g/mol. The number of rotatable bonds is 5. The summed E-state index contributed by atoms with van der Waals surface area (Å²) in [5.74, 6) is 1.26. The highest BCUT2D eigenvalue weighted by molar-refractivity contribution is 5.82. The predicted octanol–water partition coefficient (Wildman–Crippen LogP) is 6.84. The van der Waals surface area contributed by atoms with Crippen LogP contribution in [0.1, 0.15) is 11.1 Å². The quantitative estimate of drug-likeness (QED) is 0.289. The normalized spacial score (nSPS) is 11.6. The number of ether oxygens (including phenoxy) is 1. The molecule has 2 aromatic heterocycles. The predicted molar refractivity (Wildman–Crippen MR) is 125 cm³/mol. The van der Waals surface area contributed by atoms with Crippen molar-refractivity contribution in [2.75, 3.05) is 7.11 Å². The lowest BCUT2D eigenvalue weighted by molar-refractivity contribution is -0.137. The van der Waals surface area contributed by atoms with Crippen molar-refractivity contribution in [1.29, 1.82) is 0 Å². The van der Waals surface area contributed by atoms with E-state index in [1.807, 2.05) is 65.2 Å². The number of nitrogens with zero attached hydrogens (tertiary/aromatic N) is 3. The van der Waals surface area contributed by atoms with Crippen LogP contribution in [0.4, 0.5) is 13.2 Å². The Morgan fingerprint density at radius 2 is 1.59 bits per heavy atom. The van der Waals surface area contributed by atoms with Gasteiger partial charge in [-0.05, 0) is 41.5 Å². The molecule has 3 aromatic carbocycles. The van der Waals surface area contributed by atoms with E-state index in [0.717, 1.165) is 28.3 Å². The molecule has 0 aliphatic carbocycles. The zero-order chi connectivity index (χ0) is 23.7. The molecule has 0 saturated heterocycles. The average Bonchev–Trinajstić information content (AvgIpc) is 3.22. The number of methoxy groups -OCH3 is 1. The van der Waals surface area contributed by atoms with Gasteiger partial charge in [0.15, 0.2) is 5.65 Å². The van der Waals surface area contributed by atoms with Crippen LogP contribution in [0.25, 0.3) is 33.7 Å². The second kappa shape index (κ2) is 8.67. The Morgan fingerprint density at radius 1 is 0.824 bits per heavy atom. The zero-order valence-corrected chi connectivity index (χ0v) is 18.3. The molecule has 0 fully saturated rings. The third-order valence-electron chi connectivity index (χ3n) is 5.64. The van der Waals surface area contributed by atoms with Gasteiger partial charge >= 0.3 is 6.18 Å². The minimum atomic E-state index is -4.41. The molecule has 7 heteroatoms. The Kier molecular flexibility index (Phi) is 5.53. The van der Waals surface area contributed by atoms with Crippen LogP contribution in [-0.4, -0.2) is 21.6 Å². The molecule has 0 spiro atoms. The number of hydrogen-bond acceptors (Lipinski definition) is 3. The molecule has 2 heterocycles. The number of alkyl halides is 3. The van der Waals surface area contributed by atoms with Gasteiger partial charge in [-0.25, -0.2) is 9.97 Å². The molecule has 0 bridgehead atoms. The van der Waals surface area contributed by atoms with Gasteiger partial charge in [-0.15, -0.1) is 0 Å². The first-order valence-corrected chi connectivity index (χ1v) is 10.6. The van der Waals surface area contributed by atoms with Crippen molar-refractivity contribution in [3.8, 4) is 28.3 Å². The van der Waals surface area contributed by atoms with E-state index in [4.69, 9.17) is 9.72 Å². The lowest BCUT2D eigenvalue weighted by Crippen LogP contribution is -2.07. The number of benzene rings is 3. The Hall–Kier alpha value is -4.13. The third-order valence-corrected chi connectivity index (χ3v) is 5.64. The van der Waals surface area contributed by atoms with E-state index in [0.29, 0.717) is 22.8 Å². The second-order valence-electron chi connectivity index (χ2n) is 7.88. The molecule has 0 N–H and O–H groups in total. The van der Waals surface area contributed by atoms with Crippen LogP contribution in [0.2, 0.25) is 0 Å². The molecule has 0 unspecified atom stereocenters. The lowest BCUT2D eigenvalue weighted by Gasteiger charge is -2.13. The standard InChI is InChI=1S/C27H20F3N3O/c1-34-23-12-6-10-20(14-23)26-32-25-24(15-21(16-31-25)19-8-3-2-4-9-19)33(26)17-18-7-5-11-22(13-18)27(28,29)30/h2-16H,17H2,1H3. The van der Waals surface area contributed by atoms with Gasteiger partial charge in [0.25, 0.3) is 0 Å². The summed E-state index contributed by atoms with van der Waals surface area (Å²) in [7, 11) is 1.58. The highest BCUT2D eigenvalue weighted by atomic mass is 19.4. The Morgan fingerprint density at radius 3 is 2.35 bits per heavy atom. The number of hydrogen-bond donors (Lipinski definition) is 0. The molecule has 0 saturated carbocycles. The molecule has 5 rings (SSSR count). The number of halogens is 3. The Bertz CT molecular complexity index is 1460. The average molecular weight is 459 g/mol. The van der Waals surface area contributed by atoms with E-state index in [9.17, 15) is 13.2 Å². The van der Waals surface area contributed by atoms with Crippen molar-refractivity contribution in [3.63, 3.8) is 0 Å². The molecule has 0 aliphatic rings. The van der Waals surface area contributed by atoms with Crippen LogP contribution in [0.15, 0.2) is 91.1 Å². The van der Waals surface area contributed by atoms with Crippen LogP contribution in [0, 0.1) is 0 Å². The fourth-order valence-corrected chi connectivity index (χ4v) is 3.97. The minimum Gasteiger partial charge on any atom is -0.497 e. The first kappa shape index (κ1) is 21.7. The summed E-state index contributed by atoms with van der Waals surface area (Å²) in [6, 6.07) is 24.6. The first-order chi connectivity index (χ1) is 16.4. The van der Waals surface area contributed by atoms with Gasteiger partial charge in [-0.1, -0.05) is 54.6 Å². The fraction of sp³-hybridized carbons (Fsp3) is 0.111. The van der Waals surface area contributed by atoms with E-state index in [-0.39, 0.29) is 6.54 Å². The van der Waals surface area contributed by atoms with Gasteiger partial charge in [0.2, 0.25) is 0 Å². The van der Waals surface area contributed by atoms with Crippen LogP contribution in [0.5, 0.6) is 5.75 Å². The van der Waals surface area contributed by atoms with E-state index in [2.05, 4.69) is 4.98 Å². The van der Waals surface area contributed by atoms with Gasteiger partial charge in [0, 0.05) is 23.9 Å². The van der Waals surface area contributed by atoms with Crippen molar-refractivity contribution in [1.82, 2.24) is 14.5 Å². The van der Waals surface area contributed by atoms with Gasteiger partial charge in [0.05, 0.1) is 18.2 Å². The van der Waals surface area contributed by atoms with Crippen LogP contribution >= 0.6 is 0 Å². The molecule has 0 aliphatic heterocycles. The van der Waals surface area contributed by atoms with Crippen LogP contribution < -0.4 is 4.74 Å². The van der Waals surface area contributed by atoms with Crippen molar-refractivity contribution in [2.45, 2.75) is 12.7 Å². The zero-order valence-electron chi connectivity index (χ0n) is 18.3. The van der Waals surface area contributed by atoms with Crippen molar-refractivity contribution < 1.29 is 17.9 Å². The minimum absolute atomic E-state index is 0.201. The summed E-state index contributed by atoms with van der Waals surface area (Å²) in [5.41, 5.74) is 3.76. The molecule has 0 radical (unpaired) electrons. The van der Waals surface area contributed by atoms with Crippen molar-refractivity contribution in [2.24, 2.45) is 0 Å². The highest BCUT2D eigenvalue weighted by Crippen LogP contribution is 2.32. The molecule has 5 aromatic rings. The first-order valence-electron chi connectivity index (χ1n) is 10.6. The molecule has 4 nitrogen and oxygen atoms in total. The molecule has 170 valence electrons. The Labute approximate surface area is 194 Å². The summed E-state index contributed by atoms with van der Waals surface area (Å²) in [4.78, 5) is 9.30. The number of fused-ring (bicyclic) bond motifs is 1. The fourth-order valence-electron chi connectivity index (χ4n) is 3.97. The van der Waals surface area contributed by atoms with Crippen LogP contribution in [0.3, 0.4) is 0 Å².